The van der Waals surface area contributed by atoms with Crippen LogP contribution < -0.4 is 0 Å². The number of unbranched alkanes of at least 4 members (excludes halogenated alkanes) is 29. The van der Waals surface area contributed by atoms with Crippen LogP contribution >= 0.6 is 0 Å². The summed E-state index contributed by atoms with van der Waals surface area (Å²) in [6.07, 6.45) is 55.6. The molecule has 344 valence electrons. The van der Waals surface area contributed by atoms with E-state index in [2.05, 4.69) is 57.2 Å². The first-order valence-electron chi connectivity index (χ1n) is 25.5. The van der Waals surface area contributed by atoms with Crippen LogP contribution in [0.3, 0.4) is 0 Å². The van der Waals surface area contributed by atoms with Crippen molar-refractivity contribution in [3.8, 4) is 0 Å². The van der Waals surface area contributed by atoms with Crippen LogP contribution in [0.4, 0.5) is 0 Å². The maximum Gasteiger partial charge on any atom is 0.306 e. The summed E-state index contributed by atoms with van der Waals surface area (Å²) in [6.45, 7) is 6.59. The van der Waals surface area contributed by atoms with Crippen molar-refractivity contribution in [3.05, 3.63) is 36.5 Å². The lowest BCUT2D eigenvalue weighted by molar-refractivity contribution is -0.167. The summed E-state index contributed by atoms with van der Waals surface area (Å²) >= 11 is 0. The number of carbonyl (C=O) groups is 3. The van der Waals surface area contributed by atoms with Crippen molar-refractivity contribution in [1.29, 1.82) is 0 Å². The highest BCUT2D eigenvalue weighted by atomic mass is 16.6. The molecule has 0 bridgehead atoms. The Balaban J connectivity index is 4.28. The van der Waals surface area contributed by atoms with Gasteiger partial charge in [0.2, 0.25) is 0 Å². The Kier molecular flexibility index (Phi) is 46.4. The lowest BCUT2D eigenvalue weighted by Crippen LogP contribution is -2.30. The Hall–Kier alpha value is -2.37. The smallest absolute Gasteiger partial charge is 0.306 e. The second-order valence-electron chi connectivity index (χ2n) is 17.1. The maximum absolute atomic E-state index is 12.7. The average Bonchev–Trinajstić information content (AvgIpc) is 3.23. The van der Waals surface area contributed by atoms with Crippen molar-refractivity contribution in [2.24, 2.45) is 0 Å². The molecule has 0 aliphatic rings. The molecule has 0 spiro atoms. The molecule has 1 unspecified atom stereocenters. The topological polar surface area (TPSA) is 78.9 Å². The summed E-state index contributed by atoms with van der Waals surface area (Å²) in [4.78, 5) is 37.8. The predicted octanol–water partition coefficient (Wildman–Crippen LogP) is 16.5. The summed E-state index contributed by atoms with van der Waals surface area (Å²) in [6, 6.07) is 0. The highest BCUT2D eigenvalue weighted by Crippen LogP contribution is 2.15. The van der Waals surface area contributed by atoms with Gasteiger partial charge in [-0.3, -0.25) is 14.4 Å². The van der Waals surface area contributed by atoms with Crippen LogP contribution in [0.2, 0.25) is 0 Å². The monoisotopic (exact) mass is 829 g/mol. The Morgan fingerprint density at radius 2 is 0.610 bits per heavy atom. The number of carbonyl (C=O) groups excluding carboxylic acids is 3. The molecule has 0 aliphatic heterocycles. The molecule has 1 atom stereocenters. The molecule has 0 fully saturated rings. The molecule has 59 heavy (non-hydrogen) atoms. The van der Waals surface area contributed by atoms with Gasteiger partial charge in [0.15, 0.2) is 6.10 Å². The standard InChI is InChI=1S/C53H96O6/c1-4-7-10-13-16-19-21-23-25-26-27-28-29-31-32-34-37-40-43-46-52(55)58-49-50(48-57-51(54)45-42-39-36-18-15-12-9-6-3)59-53(56)47-44-41-38-35-33-30-24-22-20-17-14-11-8-5-2/h16,19,23,25,27-28,50H,4-15,17-18,20-22,24,26,29-49H2,1-3H3/b19-16-,25-23-,28-27-. The van der Waals surface area contributed by atoms with Gasteiger partial charge in [-0.1, -0.05) is 224 Å². The van der Waals surface area contributed by atoms with Gasteiger partial charge in [0.25, 0.3) is 0 Å². The average molecular weight is 829 g/mol. The molecule has 0 aromatic heterocycles. The molecule has 0 N–H and O–H groups in total. The lowest BCUT2D eigenvalue weighted by Gasteiger charge is -2.18. The van der Waals surface area contributed by atoms with E-state index in [-0.39, 0.29) is 31.1 Å². The molecule has 6 nitrogen and oxygen atoms in total. The molecule has 6 heteroatoms. The Bertz CT molecular complexity index is 1000. The highest BCUT2D eigenvalue weighted by Gasteiger charge is 2.19. The zero-order valence-electron chi connectivity index (χ0n) is 39.3. The SMILES string of the molecule is CCCCC/C=C\C/C=C\C/C=C\CCCCCCCCC(=O)OCC(COC(=O)CCCCCCCCCC)OC(=O)CCCCCCCCCCCCCCCC. The Labute approximate surface area is 365 Å². The van der Waals surface area contributed by atoms with Gasteiger partial charge >= 0.3 is 17.9 Å². The number of ether oxygens (including phenoxy) is 3. The van der Waals surface area contributed by atoms with Gasteiger partial charge in [0, 0.05) is 19.3 Å². The van der Waals surface area contributed by atoms with E-state index in [1.54, 1.807) is 0 Å². The largest absolute Gasteiger partial charge is 0.462 e. The van der Waals surface area contributed by atoms with Crippen LogP contribution in [-0.2, 0) is 28.6 Å². The fourth-order valence-electron chi connectivity index (χ4n) is 7.27. The van der Waals surface area contributed by atoms with Crippen LogP contribution in [-0.4, -0.2) is 37.2 Å². The van der Waals surface area contributed by atoms with E-state index >= 15 is 0 Å². The van der Waals surface area contributed by atoms with E-state index in [0.717, 1.165) is 77.0 Å². The fraction of sp³-hybridized carbons (Fsp3) is 0.830. The van der Waals surface area contributed by atoms with E-state index in [4.69, 9.17) is 14.2 Å². The zero-order valence-corrected chi connectivity index (χ0v) is 39.3. The van der Waals surface area contributed by atoms with Crippen LogP contribution in [0, 0.1) is 0 Å². The summed E-state index contributed by atoms with van der Waals surface area (Å²) < 4.78 is 16.7. The molecule has 0 aromatic rings. The van der Waals surface area contributed by atoms with Crippen LogP contribution in [0.1, 0.15) is 265 Å². The first-order chi connectivity index (χ1) is 29.0. The maximum atomic E-state index is 12.7. The number of esters is 3. The molecule has 0 amide bonds. The molecule has 0 rings (SSSR count). The van der Waals surface area contributed by atoms with Gasteiger partial charge in [-0.15, -0.1) is 0 Å². The van der Waals surface area contributed by atoms with Crippen molar-refractivity contribution in [1.82, 2.24) is 0 Å². The minimum Gasteiger partial charge on any atom is -0.462 e. The minimum absolute atomic E-state index is 0.0731. The number of allylic oxidation sites excluding steroid dienone is 6. The molecule has 0 radical (unpaired) electrons. The number of hydrogen-bond acceptors (Lipinski definition) is 6. The molecule has 0 saturated heterocycles. The van der Waals surface area contributed by atoms with Crippen molar-refractivity contribution < 1.29 is 28.6 Å². The van der Waals surface area contributed by atoms with Gasteiger partial charge in [-0.05, 0) is 57.8 Å². The Morgan fingerprint density at radius 1 is 0.339 bits per heavy atom. The van der Waals surface area contributed by atoms with Crippen molar-refractivity contribution >= 4 is 17.9 Å². The summed E-state index contributed by atoms with van der Waals surface area (Å²) in [7, 11) is 0. The van der Waals surface area contributed by atoms with Gasteiger partial charge in [0.1, 0.15) is 13.2 Å². The van der Waals surface area contributed by atoms with E-state index in [1.165, 1.54) is 148 Å². The van der Waals surface area contributed by atoms with Gasteiger partial charge in [0.05, 0.1) is 0 Å². The molecule has 0 heterocycles. The van der Waals surface area contributed by atoms with E-state index < -0.39 is 6.10 Å². The number of rotatable bonds is 46. The predicted molar refractivity (Wildman–Crippen MR) is 252 cm³/mol. The van der Waals surface area contributed by atoms with Crippen molar-refractivity contribution in [3.63, 3.8) is 0 Å². The third-order valence-electron chi connectivity index (χ3n) is 11.1. The van der Waals surface area contributed by atoms with Crippen molar-refractivity contribution in [2.75, 3.05) is 13.2 Å². The Morgan fingerprint density at radius 3 is 0.983 bits per heavy atom. The van der Waals surface area contributed by atoms with E-state index in [9.17, 15) is 14.4 Å². The summed E-state index contributed by atoms with van der Waals surface area (Å²) in [5.41, 5.74) is 0. The molecular formula is C53H96O6. The molecule has 0 aliphatic carbocycles. The van der Waals surface area contributed by atoms with Gasteiger partial charge in [-0.25, -0.2) is 0 Å². The van der Waals surface area contributed by atoms with E-state index in [1.807, 2.05) is 0 Å². The zero-order chi connectivity index (χ0) is 43.0. The molecule has 0 aromatic carbocycles. The quantitative estimate of drug-likeness (QED) is 0.0263. The second kappa shape index (κ2) is 48.3. The first-order valence-corrected chi connectivity index (χ1v) is 25.5. The normalized spacial score (nSPS) is 12.3. The first kappa shape index (κ1) is 56.6. The second-order valence-corrected chi connectivity index (χ2v) is 17.1. The molecule has 0 saturated carbocycles. The third kappa shape index (κ3) is 46.5. The van der Waals surface area contributed by atoms with Crippen LogP contribution in [0.5, 0.6) is 0 Å². The van der Waals surface area contributed by atoms with Crippen LogP contribution in [0.15, 0.2) is 36.5 Å². The lowest BCUT2D eigenvalue weighted by atomic mass is 10.0. The number of hydrogen-bond donors (Lipinski definition) is 0. The van der Waals surface area contributed by atoms with Crippen molar-refractivity contribution in [2.45, 2.75) is 271 Å². The van der Waals surface area contributed by atoms with E-state index in [0.29, 0.717) is 19.3 Å². The summed E-state index contributed by atoms with van der Waals surface area (Å²) in [5, 5.41) is 0. The minimum atomic E-state index is -0.770. The fourth-order valence-corrected chi connectivity index (χ4v) is 7.27. The van der Waals surface area contributed by atoms with Crippen LogP contribution in [0.25, 0.3) is 0 Å². The van der Waals surface area contributed by atoms with Gasteiger partial charge in [-0.2, -0.15) is 0 Å². The molecular weight excluding hydrogens is 733 g/mol. The summed E-state index contributed by atoms with van der Waals surface area (Å²) in [5.74, 6) is -0.881. The third-order valence-corrected chi connectivity index (χ3v) is 11.1. The van der Waals surface area contributed by atoms with Gasteiger partial charge < -0.3 is 14.2 Å². The highest BCUT2D eigenvalue weighted by molar-refractivity contribution is 5.71.